The first-order valence-corrected chi connectivity index (χ1v) is 15.4. The highest BCUT2D eigenvalue weighted by Gasteiger charge is 2.52. The summed E-state index contributed by atoms with van der Waals surface area (Å²) in [7, 11) is 0. The summed E-state index contributed by atoms with van der Waals surface area (Å²) in [6.07, 6.45) is 0. The van der Waals surface area contributed by atoms with Gasteiger partial charge in [0, 0.05) is 40.1 Å². The molecule has 0 bridgehead atoms. The maximum atomic E-state index is 9.06. The van der Waals surface area contributed by atoms with Gasteiger partial charge >= 0.3 is 11.7 Å². The van der Waals surface area contributed by atoms with Gasteiger partial charge in [-0.05, 0) is 58.7 Å². The highest BCUT2D eigenvalue weighted by molar-refractivity contribution is 7.25. The van der Waals surface area contributed by atoms with E-state index in [0.717, 1.165) is 9.75 Å². The topological polar surface area (TPSA) is 81.0 Å². The zero-order chi connectivity index (χ0) is 28.4. The van der Waals surface area contributed by atoms with Gasteiger partial charge < -0.3 is 9.69 Å². The number of amidine groups is 2. The Morgan fingerprint density at radius 2 is 1.07 bits per heavy atom. The number of hydrogen-bond acceptors (Lipinski definition) is 8. The van der Waals surface area contributed by atoms with Crippen LogP contribution >= 0.6 is 45.3 Å². The van der Waals surface area contributed by atoms with Gasteiger partial charge in [-0.2, -0.15) is 0 Å². The molecule has 0 spiro atoms. The quantitative estimate of drug-likeness (QED) is 0.135. The highest BCUT2D eigenvalue weighted by atomic mass is 32.1. The standard InChI is InChI=1S/C30H18N6S4/c1-29(2)15-11-19(17-7-9-23(37-17)35-21(13-31)33-5)39-27(15)26-25(29)28-16(30(26,3)4)12-20(40-28)18-8-10-24(38-18)36-22(14-32)34-6/h7-12H,1-4H3. The van der Waals surface area contributed by atoms with E-state index in [9.17, 15) is 0 Å². The zero-order valence-corrected chi connectivity index (χ0v) is 25.0. The minimum atomic E-state index is -0.164. The number of fused-ring (bicyclic) bond motifs is 4. The molecule has 192 valence electrons. The second-order valence-corrected chi connectivity index (χ2v) is 14.5. The Labute approximate surface area is 247 Å². The molecule has 6 nitrogen and oxygen atoms in total. The number of hydrogen-bond donors (Lipinski definition) is 0. The van der Waals surface area contributed by atoms with Crippen LogP contribution in [0.5, 0.6) is 0 Å². The van der Waals surface area contributed by atoms with Gasteiger partial charge in [-0.1, -0.05) is 73.5 Å². The van der Waals surface area contributed by atoms with Gasteiger partial charge in [0.05, 0.1) is 0 Å². The first-order chi connectivity index (χ1) is 19.1. The summed E-state index contributed by atoms with van der Waals surface area (Å²) in [5.74, 6) is -0.309. The van der Waals surface area contributed by atoms with Crippen molar-refractivity contribution in [2.24, 2.45) is 9.98 Å². The zero-order valence-electron chi connectivity index (χ0n) is 21.8. The Hall–Kier alpha value is -4.16. The molecule has 0 unspecified atom stereocenters. The Bertz CT molecular complexity index is 1830. The smallest absolute Gasteiger partial charge is 0.350 e. The van der Waals surface area contributed by atoms with E-state index in [1.807, 2.05) is 59.1 Å². The van der Waals surface area contributed by atoms with E-state index in [2.05, 4.69) is 59.5 Å². The van der Waals surface area contributed by atoms with E-state index in [0.29, 0.717) is 10.0 Å². The lowest BCUT2D eigenvalue weighted by Crippen LogP contribution is -2.16. The van der Waals surface area contributed by atoms with Crippen molar-refractivity contribution >= 4 is 78.2 Å². The van der Waals surface area contributed by atoms with Crippen LogP contribution in [0.15, 0.2) is 46.4 Å². The predicted octanol–water partition coefficient (Wildman–Crippen LogP) is 9.71. The Balaban J connectivity index is 1.40. The van der Waals surface area contributed by atoms with E-state index in [1.165, 1.54) is 64.5 Å². The molecule has 2 aliphatic carbocycles. The second-order valence-electron chi connectivity index (χ2n) is 10.3. The van der Waals surface area contributed by atoms with E-state index in [-0.39, 0.29) is 22.5 Å². The van der Waals surface area contributed by atoms with Crippen LogP contribution < -0.4 is 0 Å². The molecule has 0 atom stereocenters. The van der Waals surface area contributed by atoms with Crippen molar-refractivity contribution in [1.82, 2.24) is 0 Å². The van der Waals surface area contributed by atoms with Gasteiger partial charge in [-0.3, -0.25) is 0 Å². The molecular formula is C30H18N6S4. The SMILES string of the molecule is [C-]#[N+]C(C#N)=Nc1ccc(-c2cc3c(s2)C2=C(c4sc(-c5ccc(N=C(C#N)[N+]#[C-])s5)cc4C2(C)C)C3(C)C)s1. The summed E-state index contributed by atoms with van der Waals surface area (Å²) in [6, 6.07) is 16.0. The minimum Gasteiger partial charge on any atom is -0.351 e. The molecule has 6 rings (SSSR count). The average molecular weight is 591 g/mol. The molecule has 4 heterocycles. The Morgan fingerprint density at radius 3 is 1.43 bits per heavy atom. The maximum absolute atomic E-state index is 9.06. The normalized spacial score (nSPS) is 16.5. The van der Waals surface area contributed by atoms with Gasteiger partial charge in [-0.15, -0.1) is 22.7 Å². The van der Waals surface area contributed by atoms with E-state index >= 15 is 0 Å². The van der Waals surface area contributed by atoms with Crippen LogP contribution in [0.4, 0.5) is 10.0 Å². The fourth-order valence-electron chi connectivity index (χ4n) is 5.41. The second kappa shape index (κ2) is 9.20. The minimum absolute atomic E-state index is 0.155. The molecule has 0 N–H and O–H groups in total. The number of nitriles is 2. The first-order valence-electron chi connectivity index (χ1n) is 12.1. The number of allylic oxidation sites excluding steroid dienone is 2. The van der Waals surface area contributed by atoms with Crippen molar-refractivity contribution in [3.63, 3.8) is 0 Å². The van der Waals surface area contributed by atoms with Gasteiger partial charge in [0.2, 0.25) is 10.0 Å². The number of nitrogens with zero attached hydrogens (tertiary/aromatic N) is 6. The van der Waals surface area contributed by atoms with E-state index in [4.69, 9.17) is 23.7 Å². The van der Waals surface area contributed by atoms with Gasteiger partial charge in [0.15, 0.2) is 0 Å². The molecular weight excluding hydrogens is 573 g/mol. The largest absolute Gasteiger partial charge is 0.351 e. The number of thiophene rings is 4. The summed E-state index contributed by atoms with van der Waals surface area (Å²) in [4.78, 5) is 21.9. The van der Waals surface area contributed by atoms with Crippen LogP contribution in [0.1, 0.15) is 48.6 Å². The molecule has 2 aliphatic rings. The Morgan fingerprint density at radius 1 is 0.675 bits per heavy atom. The lowest BCUT2D eigenvalue weighted by Gasteiger charge is -2.23. The van der Waals surface area contributed by atoms with Crippen LogP contribution in [0.25, 0.3) is 40.3 Å². The van der Waals surface area contributed by atoms with Crippen molar-refractivity contribution in [3.8, 4) is 31.6 Å². The van der Waals surface area contributed by atoms with Crippen LogP contribution in [0.2, 0.25) is 0 Å². The molecule has 40 heavy (non-hydrogen) atoms. The predicted molar refractivity (Wildman–Crippen MR) is 167 cm³/mol. The third-order valence-corrected chi connectivity index (χ3v) is 11.9. The van der Waals surface area contributed by atoms with Gasteiger partial charge in [0.25, 0.3) is 0 Å². The van der Waals surface area contributed by atoms with Crippen molar-refractivity contribution in [2.75, 3.05) is 0 Å². The molecule has 0 saturated heterocycles. The highest BCUT2D eigenvalue weighted by Crippen LogP contribution is 2.67. The molecule has 0 fully saturated rings. The molecule has 0 amide bonds. The maximum Gasteiger partial charge on any atom is 0.350 e. The fraction of sp³-hybridized carbons (Fsp3) is 0.200. The van der Waals surface area contributed by atoms with Crippen LogP contribution in [-0.4, -0.2) is 11.7 Å². The number of rotatable bonds is 4. The molecule has 0 saturated carbocycles. The lowest BCUT2D eigenvalue weighted by molar-refractivity contribution is 0.703. The van der Waals surface area contributed by atoms with Gasteiger partial charge in [-0.25, -0.2) is 10.5 Å². The van der Waals surface area contributed by atoms with Gasteiger partial charge in [0.1, 0.15) is 12.1 Å². The van der Waals surface area contributed by atoms with Crippen LogP contribution in [0.3, 0.4) is 0 Å². The summed E-state index contributed by atoms with van der Waals surface area (Å²) >= 11 is 6.61. The summed E-state index contributed by atoms with van der Waals surface area (Å²) in [6.45, 7) is 23.4. The molecule has 4 aromatic heterocycles. The molecule has 0 aromatic carbocycles. The summed E-state index contributed by atoms with van der Waals surface area (Å²) in [5, 5.41) is 19.4. The molecule has 0 aliphatic heterocycles. The summed E-state index contributed by atoms with van der Waals surface area (Å²) in [5.41, 5.74) is 5.14. The molecule has 4 aromatic rings. The van der Waals surface area contributed by atoms with Crippen LogP contribution in [-0.2, 0) is 10.8 Å². The van der Waals surface area contributed by atoms with Crippen molar-refractivity contribution < 1.29 is 0 Å². The monoisotopic (exact) mass is 590 g/mol. The third-order valence-electron chi connectivity index (χ3n) is 7.28. The Kier molecular flexibility index (Phi) is 6.00. The molecule has 0 radical (unpaired) electrons. The van der Waals surface area contributed by atoms with Crippen molar-refractivity contribution in [3.05, 3.63) is 80.1 Å². The molecule has 10 heteroatoms. The third kappa shape index (κ3) is 3.81. The average Bonchev–Trinajstić information content (AvgIpc) is 3.75. The van der Waals surface area contributed by atoms with E-state index in [1.54, 1.807) is 0 Å². The van der Waals surface area contributed by atoms with Crippen molar-refractivity contribution in [2.45, 2.75) is 38.5 Å². The lowest BCUT2D eigenvalue weighted by atomic mass is 9.80. The van der Waals surface area contributed by atoms with Crippen molar-refractivity contribution in [1.29, 1.82) is 10.5 Å². The summed E-state index contributed by atoms with van der Waals surface area (Å²) < 4.78 is 0. The fourth-order valence-corrected chi connectivity index (χ4v) is 10.4. The van der Waals surface area contributed by atoms with Crippen LogP contribution in [0, 0.1) is 35.8 Å². The first kappa shape index (κ1) is 26.1. The number of aliphatic imine (C=N–C) groups is 2. The van der Waals surface area contributed by atoms with E-state index < -0.39 is 0 Å².